The zero-order valence-corrected chi connectivity index (χ0v) is 18.8. The third kappa shape index (κ3) is 4.28. The molecule has 0 fully saturated rings. The lowest BCUT2D eigenvalue weighted by Crippen LogP contribution is -2.13. The van der Waals surface area contributed by atoms with Gasteiger partial charge in [0.15, 0.2) is 17.2 Å². The van der Waals surface area contributed by atoms with E-state index in [1.165, 1.54) is 11.3 Å². The van der Waals surface area contributed by atoms with E-state index in [4.69, 9.17) is 14.2 Å². The standard InChI is InChI=1S/C21H22N6O4S/c1-27(2)13-7-5-6-12(8-13)11-31-18-14-9-15(29-3)16(30-4)10-17(14)32-19(18)20(28)22-21-23-25-26-24-21/h5-10H,11H2,1-4H3,(H2,22,23,24,25,26,28). The van der Waals surface area contributed by atoms with Crippen molar-refractivity contribution < 1.29 is 19.0 Å². The van der Waals surface area contributed by atoms with Crippen LogP contribution < -0.4 is 24.4 Å². The maximum absolute atomic E-state index is 13.0. The van der Waals surface area contributed by atoms with Gasteiger partial charge in [0.25, 0.3) is 11.9 Å². The van der Waals surface area contributed by atoms with Crippen LogP contribution in [0.25, 0.3) is 10.1 Å². The van der Waals surface area contributed by atoms with E-state index in [1.807, 2.05) is 49.3 Å². The third-order valence-corrected chi connectivity index (χ3v) is 5.87. The lowest BCUT2D eigenvalue weighted by Gasteiger charge is -2.14. The van der Waals surface area contributed by atoms with Crippen molar-refractivity contribution in [2.45, 2.75) is 6.61 Å². The molecule has 2 heterocycles. The first-order valence-electron chi connectivity index (χ1n) is 9.62. The van der Waals surface area contributed by atoms with Gasteiger partial charge in [-0.1, -0.05) is 17.2 Å². The lowest BCUT2D eigenvalue weighted by molar-refractivity contribution is 0.102. The van der Waals surface area contributed by atoms with Gasteiger partial charge in [-0.05, 0) is 29.0 Å². The maximum atomic E-state index is 13.0. The molecule has 4 aromatic rings. The van der Waals surface area contributed by atoms with Crippen molar-refractivity contribution >= 4 is 39.0 Å². The quantitative estimate of drug-likeness (QED) is 0.417. The molecule has 0 aliphatic heterocycles. The Morgan fingerprint density at radius 1 is 1.16 bits per heavy atom. The van der Waals surface area contributed by atoms with E-state index in [2.05, 4.69) is 25.9 Å². The summed E-state index contributed by atoms with van der Waals surface area (Å²) in [6.07, 6.45) is 0. The smallest absolute Gasteiger partial charge is 0.272 e. The molecule has 11 heteroatoms. The van der Waals surface area contributed by atoms with Crippen LogP contribution in [0.2, 0.25) is 0 Å². The first-order chi connectivity index (χ1) is 15.5. The Bertz CT molecular complexity index is 1240. The summed E-state index contributed by atoms with van der Waals surface area (Å²) in [4.78, 5) is 15.4. The molecule has 4 rings (SSSR count). The van der Waals surface area contributed by atoms with Gasteiger partial charge in [0.05, 0.1) is 14.2 Å². The minimum absolute atomic E-state index is 0.0762. The van der Waals surface area contributed by atoms with Crippen molar-refractivity contribution in [3.8, 4) is 17.2 Å². The fourth-order valence-corrected chi connectivity index (χ4v) is 4.20. The van der Waals surface area contributed by atoms with Crippen LogP contribution >= 0.6 is 11.3 Å². The van der Waals surface area contributed by atoms with Crippen molar-refractivity contribution in [1.82, 2.24) is 20.6 Å². The number of H-pyrrole nitrogens is 1. The molecule has 0 spiro atoms. The van der Waals surface area contributed by atoms with Gasteiger partial charge < -0.3 is 19.1 Å². The first kappa shape index (κ1) is 21.4. The molecule has 0 bridgehead atoms. The van der Waals surface area contributed by atoms with Crippen molar-refractivity contribution in [3.63, 3.8) is 0 Å². The number of rotatable bonds is 8. The zero-order chi connectivity index (χ0) is 22.7. The van der Waals surface area contributed by atoms with Gasteiger partial charge in [-0.15, -0.1) is 16.4 Å². The van der Waals surface area contributed by atoms with Gasteiger partial charge >= 0.3 is 0 Å². The van der Waals surface area contributed by atoms with E-state index in [0.717, 1.165) is 21.3 Å². The van der Waals surface area contributed by atoms with E-state index in [1.54, 1.807) is 20.3 Å². The molecule has 2 aromatic heterocycles. The SMILES string of the molecule is COc1cc2sc(C(=O)Nc3nn[nH]n3)c(OCc3cccc(N(C)C)c3)c2cc1OC. The predicted octanol–water partition coefficient (Wildman–Crippen LogP) is 3.33. The molecule has 0 saturated heterocycles. The summed E-state index contributed by atoms with van der Waals surface area (Å²) in [5, 5.41) is 16.7. The van der Waals surface area contributed by atoms with Gasteiger partial charge in [0.1, 0.15) is 11.5 Å². The molecule has 0 saturated carbocycles. The molecule has 10 nitrogen and oxygen atoms in total. The van der Waals surface area contributed by atoms with E-state index >= 15 is 0 Å². The summed E-state index contributed by atoms with van der Waals surface area (Å²) in [5.74, 6) is 1.23. The van der Waals surface area contributed by atoms with Crippen molar-refractivity contribution in [2.75, 3.05) is 38.5 Å². The lowest BCUT2D eigenvalue weighted by atomic mass is 10.2. The highest BCUT2D eigenvalue weighted by molar-refractivity contribution is 7.21. The number of carbonyl (C=O) groups excluding carboxylic acids is 1. The molecule has 166 valence electrons. The Balaban J connectivity index is 1.73. The minimum Gasteiger partial charge on any atom is -0.493 e. The Morgan fingerprint density at radius 3 is 2.62 bits per heavy atom. The number of nitrogens with zero attached hydrogens (tertiary/aromatic N) is 4. The number of aromatic nitrogens is 4. The third-order valence-electron chi connectivity index (χ3n) is 4.74. The monoisotopic (exact) mass is 454 g/mol. The van der Waals surface area contributed by atoms with Gasteiger partial charge in [-0.25, -0.2) is 0 Å². The van der Waals surface area contributed by atoms with Crippen LogP contribution in [0.4, 0.5) is 11.6 Å². The van der Waals surface area contributed by atoms with E-state index in [0.29, 0.717) is 22.1 Å². The average Bonchev–Trinajstić information content (AvgIpc) is 3.44. The van der Waals surface area contributed by atoms with Crippen LogP contribution in [-0.2, 0) is 6.61 Å². The number of amides is 1. The zero-order valence-electron chi connectivity index (χ0n) is 18.0. The van der Waals surface area contributed by atoms with Gasteiger partial charge in [-0.3, -0.25) is 10.1 Å². The number of methoxy groups -OCH3 is 2. The molecule has 0 unspecified atom stereocenters. The Hall–Kier alpha value is -3.86. The number of nitrogens with one attached hydrogen (secondary N) is 2. The molecule has 0 atom stereocenters. The van der Waals surface area contributed by atoms with Crippen LogP contribution in [0.3, 0.4) is 0 Å². The predicted molar refractivity (Wildman–Crippen MR) is 122 cm³/mol. The van der Waals surface area contributed by atoms with E-state index in [9.17, 15) is 4.79 Å². The molecular weight excluding hydrogens is 432 g/mol. The highest BCUT2D eigenvalue weighted by Gasteiger charge is 2.23. The first-order valence-corrected chi connectivity index (χ1v) is 10.4. The highest BCUT2D eigenvalue weighted by atomic mass is 32.1. The topological polar surface area (TPSA) is 114 Å². The number of benzene rings is 2. The number of ether oxygens (including phenoxy) is 3. The largest absolute Gasteiger partial charge is 0.493 e. The highest BCUT2D eigenvalue weighted by Crippen LogP contribution is 2.44. The molecule has 32 heavy (non-hydrogen) atoms. The van der Waals surface area contributed by atoms with Crippen LogP contribution in [-0.4, -0.2) is 54.8 Å². The number of aromatic amines is 1. The number of hydrogen-bond donors (Lipinski definition) is 2. The summed E-state index contributed by atoms with van der Waals surface area (Å²) in [6.45, 7) is 0.282. The summed E-state index contributed by atoms with van der Waals surface area (Å²) >= 11 is 1.28. The summed E-state index contributed by atoms with van der Waals surface area (Å²) in [5.41, 5.74) is 2.03. The minimum atomic E-state index is -0.400. The molecular formula is C21H22N6O4S. The van der Waals surface area contributed by atoms with E-state index in [-0.39, 0.29) is 12.6 Å². The van der Waals surface area contributed by atoms with Crippen LogP contribution in [0.1, 0.15) is 15.2 Å². The number of anilines is 2. The van der Waals surface area contributed by atoms with Crippen LogP contribution in [0, 0.1) is 0 Å². The Kier molecular flexibility index (Phi) is 6.08. The molecule has 0 radical (unpaired) electrons. The maximum Gasteiger partial charge on any atom is 0.272 e. The normalized spacial score (nSPS) is 10.8. The summed E-state index contributed by atoms with van der Waals surface area (Å²) in [6, 6.07) is 11.6. The number of thiophene rings is 1. The molecule has 2 N–H and O–H groups in total. The van der Waals surface area contributed by atoms with Crippen LogP contribution in [0.15, 0.2) is 36.4 Å². The van der Waals surface area contributed by atoms with Crippen molar-refractivity contribution in [2.24, 2.45) is 0 Å². The number of hydrogen-bond acceptors (Lipinski definition) is 9. The van der Waals surface area contributed by atoms with Crippen LogP contribution in [0.5, 0.6) is 17.2 Å². The molecule has 0 aliphatic rings. The second-order valence-electron chi connectivity index (χ2n) is 7.01. The summed E-state index contributed by atoms with van der Waals surface area (Å²) in [7, 11) is 7.09. The van der Waals surface area contributed by atoms with E-state index < -0.39 is 5.91 Å². The number of carbonyl (C=O) groups is 1. The van der Waals surface area contributed by atoms with Gasteiger partial charge in [0.2, 0.25) is 0 Å². The Morgan fingerprint density at radius 2 is 1.94 bits per heavy atom. The van der Waals surface area contributed by atoms with Crippen molar-refractivity contribution in [3.05, 3.63) is 46.8 Å². The fourth-order valence-electron chi connectivity index (χ4n) is 3.15. The van der Waals surface area contributed by atoms with Gasteiger partial charge in [0, 0.05) is 35.9 Å². The Labute approximate surface area is 188 Å². The summed E-state index contributed by atoms with van der Waals surface area (Å²) < 4.78 is 17.9. The molecule has 1 amide bonds. The second-order valence-corrected chi connectivity index (χ2v) is 8.06. The molecule has 0 aliphatic carbocycles. The van der Waals surface area contributed by atoms with Crippen molar-refractivity contribution in [1.29, 1.82) is 0 Å². The average molecular weight is 455 g/mol. The number of tetrazole rings is 1. The number of fused-ring (bicyclic) bond motifs is 1. The van der Waals surface area contributed by atoms with Gasteiger partial charge in [-0.2, -0.15) is 5.21 Å². The molecule has 2 aromatic carbocycles. The fraction of sp³-hybridized carbons (Fsp3) is 0.238. The second kappa shape index (κ2) is 9.10.